The summed E-state index contributed by atoms with van der Waals surface area (Å²) in [4.78, 5) is 65.9. The van der Waals surface area contributed by atoms with Gasteiger partial charge in [0.1, 0.15) is 0 Å². The molecule has 0 fully saturated rings. The molecule has 4 N–H and O–H groups in total. The number of nitrogens with zero attached hydrogens (tertiary/aromatic N) is 4. The summed E-state index contributed by atoms with van der Waals surface area (Å²) < 4.78 is 0. The summed E-state index contributed by atoms with van der Waals surface area (Å²) in [7, 11) is 0. The zero-order valence-electron chi connectivity index (χ0n) is 27.5. The minimum Gasteiger partial charge on any atom is -0.657 e. The SMILES string of the molecule is Cc1c2[n-]c(c1CCC(=O)O)/C=c1\[n-]/c(c(CCC(=O)O)c1C)=C\c1[n-]c(c(CCC(=O)O)c1C)/C=c1\[n-]c(c(CCC(=O)O)c1C)=C2.[Co]. The van der Waals surface area contributed by atoms with Gasteiger partial charge in [0.15, 0.2) is 0 Å². The maximum Gasteiger partial charge on any atom is 0.303 e. The minimum absolute atomic E-state index is 0. The van der Waals surface area contributed by atoms with Crippen molar-refractivity contribution >= 4 is 48.2 Å². The first kappa shape index (κ1) is 36.8. The van der Waals surface area contributed by atoms with Crippen LogP contribution in [-0.4, -0.2) is 44.3 Å². The Morgan fingerprint density at radius 1 is 0.429 bits per heavy atom. The van der Waals surface area contributed by atoms with Crippen LogP contribution in [-0.2, 0) is 61.6 Å². The van der Waals surface area contributed by atoms with Gasteiger partial charge in [0.2, 0.25) is 0 Å². The first-order valence-corrected chi connectivity index (χ1v) is 15.6. The van der Waals surface area contributed by atoms with Crippen molar-refractivity contribution in [1.29, 1.82) is 0 Å². The van der Waals surface area contributed by atoms with E-state index in [1.165, 1.54) is 0 Å². The molecule has 0 saturated carbocycles. The average molecular weight is 712 g/mol. The topological polar surface area (TPSA) is 206 Å². The molecule has 5 rings (SSSR count). The van der Waals surface area contributed by atoms with Crippen molar-refractivity contribution < 1.29 is 56.4 Å². The van der Waals surface area contributed by atoms with Crippen LogP contribution in [0.1, 0.15) is 93.0 Å². The molecule has 261 valence electrons. The van der Waals surface area contributed by atoms with Gasteiger partial charge in [-0.25, -0.2) is 0 Å². The molecule has 1 radical (unpaired) electrons. The van der Waals surface area contributed by atoms with Crippen LogP contribution in [0.15, 0.2) is 0 Å². The maximum atomic E-state index is 11.6. The van der Waals surface area contributed by atoms with Gasteiger partial charge in [0.05, 0.1) is 0 Å². The average Bonchev–Trinajstić information content (AvgIpc) is 3.66. The Labute approximate surface area is 291 Å². The van der Waals surface area contributed by atoms with Crippen molar-refractivity contribution in [3.05, 3.63) is 88.7 Å². The van der Waals surface area contributed by atoms with E-state index in [2.05, 4.69) is 0 Å². The van der Waals surface area contributed by atoms with Gasteiger partial charge in [-0.2, -0.15) is 0 Å². The van der Waals surface area contributed by atoms with Crippen LogP contribution in [0.5, 0.6) is 0 Å². The Morgan fingerprint density at radius 2 is 0.714 bits per heavy atom. The molecule has 0 saturated heterocycles. The Hall–Kier alpha value is -5.01. The van der Waals surface area contributed by atoms with Crippen molar-refractivity contribution in [3.8, 4) is 0 Å². The summed E-state index contributed by atoms with van der Waals surface area (Å²) in [6.45, 7) is 7.43. The fourth-order valence-electron chi connectivity index (χ4n) is 6.26. The predicted octanol–water partition coefficient (Wildman–Crippen LogP) is 0.444. The largest absolute Gasteiger partial charge is 0.657 e. The second-order valence-electron chi connectivity index (χ2n) is 12.1. The van der Waals surface area contributed by atoms with Crippen LogP contribution in [0.2, 0.25) is 0 Å². The summed E-state index contributed by atoms with van der Waals surface area (Å²) in [6, 6.07) is 0. The van der Waals surface area contributed by atoms with Crippen LogP contribution >= 0.6 is 0 Å². The van der Waals surface area contributed by atoms with E-state index in [1.54, 1.807) is 24.3 Å². The van der Waals surface area contributed by atoms with Gasteiger partial charge in [0.25, 0.3) is 0 Å². The summed E-state index contributed by atoms with van der Waals surface area (Å²) in [6.07, 6.45) is 7.54. The normalized spacial score (nSPS) is 13.9. The van der Waals surface area contributed by atoms with E-state index in [0.717, 1.165) is 44.5 Å². The number of fused-ring (bicyclic) bond motifs is 8. The van der Waals surface area contributed by atoms with E-state index >= 15 is 0 Å². The van der Waals surface area contributed by atoms with E-state index in [4.69, 9.17) is 19.9 Å². The number of rotatable bonds is 12. The maximum absolute atomic E-state index is 11.6. The first-order valence-electron chi connectivity index (χ1n) is 15.6. The monoisotopic (exact) mass is 711 g/mol. The molecule has 5 heterocycles. The van der Waals surface area contributed by atoms with Crippen molar-refractivity contribution in [2.75, 3.05) is 0 Å². The molecule has 1 aliphatic rings. The van der Waals surface area contributed by atoms with Gasteiger partial charge in [-0.15, -0.1) is 44.2 Å². The third-order valence-electron chi connectivity index (χ3n) is 9.00. The second-order valence-corrected chi connectivity index (χ2v) is 12.1. The predicted molar refractivity (Wildman–Crippen MR) is 175 cm³/mol. The number of carboxylic acid groups (broad SMARTS) is 4. The molecule has 4 aromatic heterocycles. The Kier molecular flexibility index (Phi) is 11.3. The zero-order valence-corrected chi connectivity index (χ0v) is 28.6. The molecule has 12 nitrogen and oxygen atoms in total. The molecule has 0 amide bonds. The van der Waals surface area contributed by atoms with Crippen molar-refractivity contribution in [3.63, 3.8) is 0 Å². The van der Waals surface area contributed by atoms with Crippen molar-refractivity contribution in [2.45, 2.75) is 79.1 Å². The number of aromatic nitrogens is 4. The molecule has 0 aliphatic carbocycles. The molecule has 49 heavy (non-hydrogen) atoms. The molecule has 13 heteroatoms. The van der Waals surface area contributed by atoms with Crippen LogP contribution in [0.3, 0.4) is 0 Å². The van der Waals surface area contributed by atoms with E-state index in [9.17, 15) is 39.6 Å². The quantitative estimate of drug-likeness (QED) is 0.139. The summed E-state index contributed by atoms with van der Waals surface area (Å²) in [5, 5.41) is 40.1. The number of carboxylic acids is 4. The molecular formula is C36H36CoN4O8-4. The number of aliphatic carboxylic acids is 4. The Morgan fingerprint density at radius 3 is 1.02 bits per heavy atom. The minimum atomic E-state index is -0.954. The third-order valence-corrected chi connectivity index (χ3v) is 9.00. The van der Waals surface area contributed by atoms with E-state index in [1.807, 2.05) is 27.7 Å². The van der Waals surface area contributed by atoms with E-state index < -0.39 is 23.9 Å². The molecule has 0 aromatic carbocycles. The molecule has 0 atom stereocenters. The van der Waals surface area contributed by atoms with Crippen LogP contribution < -0.4 is 41.3 Å². The fourth-order valence-corrected chi connectivity index (χ4v) is 6.26. The van der Waals surface area contributed by atoms with E-state index in [-0.39, 0.29) is 68.1 Å². The van der Waals surface area contributed by atoms with Crippen LogP contribution in [0, 0.1) is 27.7 Å². The van der Waals surface area contributed by atoms with Gasteiger partial charge < -0.3 is 40.4 Å². The number of hydrogen-bond donors (Lipinski definition) is 4. The standard InChI is InChI=1S/C36H36N4O8.Co/c1-17-21(5-9-33(41)42)29-14-26-19(3)23(7-11-35(45)46)31(39-26)16-28-20(4)24(8-12-36(47)48)32(40-28)15-27-18(2)22(6-10-34(43)44)30(38-27)13-25(17)37-29;/h13-16H,5-12H2,1-4H3,(H,41,42)(H,43,44)(H,45,46)(H,47,48);/q-4;/b25-13-,26-14?,27-15?,28-16-,29-14-,30-13?,31-16?,32-15?;. The van der Waals surface area contributed by atoms with Gasteiger partial charge >= 0.3 is 23.9 Å². The summed E-state index contributed by atoms with van der Waals surface area (Å²) >= 11 is 0. The van der Waals surface area contributed by atoms with Gasteiger partial charge in [0, 0.05) is 42.5 Å². The number of hydrogen-bond acceptors (Lipinski definition) is 4. The third kappa shape index (κ3) is 8.00. The van der Waals surface area contributed by atoms with Gasteiger partial charge in [-0.3, -0.25) is 19.2 Å². The Balaban J connectivity index is 0.00000541. The summed E-state index contributed by atoms with van der Waals surface area (Å²) in [5.41, 5.74) is 8.16. The molecular weight excluding hydrogens is 675 g/mol. The van der Waals surface area contributed by atoms with Crippen molar-refractivity contribution in [2.24, 2.45) is 0 Å². The fraction of sp³-hybridized carbons (Fsp3) is 0.333. The molecule has 8 bridgehead atoms. The Bertz CT molecular complexity index is 2060. The van der Waals surface area contributed by atoms with Crippen LogP contribution in [0.25, 0.3) is 24.3 Å². The first-order chi connectivity index (χ1) is 22.7. The van der Waals surface area contributed by atoms with Crippen LogP contribution in [0.4, 0.5) is 0 Å². The van der Waals surface area contributed by atoms with Crippen molar-refractivity contribution in [1.82, 2.24) is 19.9 Å². The summed E-state index contributed by atoms with van der Waals surface area (Å²) in [5.74, 6) is -3.82. The number of carbonyl (C=O) groups is 4. The molecule has 1 aliphatic heterocycles. The van der Waals surface area contributed by atoms with Gasteiger partial charge in [-0.1, -0.05) is 68.8 Å². The molecule has 0 spiro atoms. The van der Waals surface area contributed by atoms with E-state index in [0.29, 0.717) is 44.2 Å². The molecule has 4 aromatic rings. The zero-order chi connectivity index (χ0) is 34.9. The second kappa shape index (κ2) is 15.0. The molecule has 0 unspecified atom stereocenters. The smallest absolute Gasteiger partial charge is 0.303 e. The van der Waals surface area contributed by atoms with Gasteiger partial charge in [-0.05, 0) is 53.4 Å².